The molecule has 156 valence electrons. The van der Waals surface area contributed by atoms with Crippen molar-refractivity contribution in [1.82, 2.24) is 0 Å². The zero-order valence-electron chi connectivity index (χ0n) is 17.0. The van der Waals surface area contributed by atoms with Gasteiger partial charge in [0.1, 0.15) is 10.6 Å². The Morgan fingerprint density at radius 1 is 0.871 bits per heavy atom. The maximum Gasteiger partial charge on any atom is 0.339 e. The molecule has 31 heavy (non-hydrogen) atoms. The first-order valence-corrected chi connectivity index (χ1v) is 11.0. The van der Waals surface area contributed by atoms with E-state index in [1.165, 1.54) is 17.1 Å². The molecule has 3 aromatic carbocycles. The SMILES string of the molecule is CC1=NN(c2ccccc2)C(=O)/C1=C\c1ccccc1OS(=O)(=O)c1ccc(C)cc1. The quantitative estimate of drug-likeness (QED) is 0.437. The van der Waals surface area contributed by atoms with Gasteiger partial charge in [-0.15, -0.1) is 0 Å². The van der Waals surface area contributed by atoms with Crippen LogP contribution in [-0.4, -0.2) is 20.0 Å². The Bertz CT molecular complexity index is 1290. The summed E-state index contributed by atoms with van der Waals surface area (Å²) in [5, 5.41) is 5.68. The van der Waals surface area contributed by atoms with E-state index < -0.39 is 10.1 Å². The highest BCUT2D eigenvalue weighted by molar-refractivity contribution is 7.87. The number of nitrogens with zero attached hydrogens (tertiary/aromatic N) is 2. The average Bonchev–Trinajstić information content (AvgIpc) is 3.04. The van der Waals surface area contributed by atoms with Crippen LogP contribution in [0, 0.1) is 6.92 Å². The summed E-state index contributed by atoms with van der Waals surface area (Å²) < 4.78 is 30.9. The first kappa shape index (κ1) is 20.6. The van der Waals surface area contributed by atoms with E-state index in [9.17, 15) is 13.2 Å². The molecule has 7 heteroatoms. The fourth-order valence-electron chi connectivity index (χ4n) is 3.13. The van der Waals surface area contributed by atoms with E-state index in [-0.39, 0.29) is 16.6 Å². The Morgan fingerprint density at radius 3 is 2.23 bits per heavy atom. The Kier molecular flexibility index (Phi) is 5.44. The third-order valence-corrected chi connectivity index (χ3v) is 6.04. The lowest BCUT2D eigenvalue weighted by Crippen LogP contribution is -2.21. The van der Waals surface area contributed by atoms with Gasteiger partial charge in [0.15, 0.2) is 0 Å². The molecule has 0 N–H and O–H groups in total. The molecule has 0 fully saturated rings. The molecule has 0 spiro atoms. The van der Waals surface area contributed by atoms with Crippen molar-refractivity contribution in [2.24, 2.45) is 5.10 Å². The van der Waals surface area contributed by atoms with Crippen LogP contribution >= 0.6 is 0 Å². The molecule has 0 aromatic heterocycles. The Balaban J connectivity index is 1.66. The number of hydrogen-bond donors (Lipinski definition) is 0. The van der Waals surface area contributed by atoms with Crippen LogP contribution in [0.15, 0.2) is 94.4 Å². The van der Waals surface area contributed by atoms with Crippen molar-refractivity contribution in [3.05, 3.63) is 95.6 Å². The first-order valence-electron chi connectivity index (χ1n) is 9.62. The zero-order chi connectivity index (χ0) is 22.0. The highest BCUT2D eigenvalue weighted by atomic mass is 32.2. The van der Waals surface area contributed by atoms with Crippen LogP contribution in [0.4, 0.5) is 5.69 Å². The average molecular weight is 433 g/mol. The van der Waals surface area contributed by atoms with E-state index in [4.69, 9.17) is 4.18 Å². The standard InChI is InChI=1S/C24H20N2O4S/c1-17-12-14-21(15-13-17)31(28,29)30-23-11-7-6-8-19(23)16-22-18(2)25-26(24(22)27)20-9-4-3-5-10-20/h3-16H,1-2H3/b22-16-. The summed E-state index contributed by atoms with van der Waals surface area (Å²) in [6.07, 6.45) is 1.60. The Morgan fingerprint density at radius 2 is 1.52 bits per heavy atom. The van der Waals surface area contributed by atoms with Gasteiger partial charge in [0, 0.05) is 5.56 Å². The van der Waals surface area contributed by atoms with Crippen LogP contribution in [0.5, 0.6) is 5.75 Å². The van der Waals surface area contributed by atoms with Crippen LogP contribution < -0.4 is 9.19 Å². The number of benzene rings is 3. The van der Waals surface area contributed by atoms with Gasteiger partial charge in [-0.25, -0.2) is 0 Å². The molecule has 1 amide bonds. The highest BCUT2D eigenvalue weighted by Gasteiger charge is 2.29. The van der Waals surface area contributed by atoms with E-state index in [0.717, 1.165) is 5.56 Å². The second-order valence-electron chi connectivity index (χ2n) is 7.08. The van der Waals surface area contributed by atoms with Crippen molar-refractivity contribution in [2.45, 2.75) is 18.7 Å². The molecule has 0 saturated heterocycles. The third kappa shape index (κ3) is 4.27. The molecule has 0 saturated carbocycles. The summed E-state index contributed by atoms with van der Waals surface area (Å²) in [6, 6.07) is 22.2. The largest absolute Gasteiger partial charge is 0.378 e. The summed E-state index contributed by atoms with van der Waals surface area (Å²) in [6.45, 7) is 3.61. The van der Waals surface area contributed by atoms with Gasteiger partial charge >= 0.3 is 10.1 Å². The fourth-order valence-corrected chi connectivity index (χ4v) is 4.08. The molecule has 3 aromatic rings. The maximum atomic E-state index is 13.0. The monoisotopic (exact) mass is 432 g/mol. The number of rotatable bonds is 5. The van der Waals surface area contributed by atoms with E-state index in [2.05, 4.69) is 5.10 Å². The summed E-state index contributed by atoms with van der Waals surface area (Å²) in [4.78, 5) is 13.0. The molecule has 6 nitrogen and oxygen atoms in total. The minimum absolute atomic E-state index is 0.0606. The second-order valence-corrected chi connectivity index (χ2v) is 8.63. The molecular weight excluding hydrogens is 412 g/mol. The molecule has 1 aliphatic heterocycles. The number of anilines is 1. The minimum Gasteiger partial charge on any atom is -0.378 e. The molecule has 4 rings (SSSR count). The predicted molar refractivity (Wildman–Crippen MR) is 120 cm³/mol. The topological polar surface area (TPSA) is 76.0 Å². The third-order valence-electron chi connectivity index (χ3n) is 4.79. The van der Waals surface area contributed by atoms with Gasteiger partial charge in [0.05, 0.1) is 17.0 Å². The number of hydrogen-bond acceptors (Lipinski definition) is 5. The van der Waals surface area contributed by atoms with Gasteiger partial charge < -0.3 is 4.18 Å². The smallest absolute Gasteiger partial charge is 0.339 e. The van der Waals surface area contributed by atoms with Gasteiger partial charge in [-0.1, -0.05) is 54.1 Å². The van der Waals surface area contributed by atoms with Crippen molar-refractivity contribution in [1.29, 1.82) is 0 Å². The van der Waals surface area contributed by atoms with Gasteiger partial charge in [-0.2, -0.15) is 18.5 Å². The van der Waals surface area contributed by atoms with E-state index in [0.29, 0.717) is 22.5 Å². The summed E-state index contributed by atoms with van der Waals surface area (Å²) >= 11 is 0. The summed E-state index contributed by atoms with van der Waals surface area (Å²) in [5.74, 6) is -0.158. The molecule has 0 atom stereocenters. The molecule has 0 bridgehead atoms. The summed E-state index contributed by atoms with van der Waals surface area (Å²) in [5.41, 5.74) is 2.96. The first-order chi connectivity index (χ1) is 14.8. The molecular formula is C24H20N2O4S. The lowest BCUT2D eigenvalue weighted by atomic mass is 10.1. The second kappa shape index (κ2) is 8.20. The van der Waals surface area contributed by atoms with Crippen molar-refractivity contribution in [3.63, 3.8) is 0 Å². The Labute approximate surface area is 181 Å². The Hall–Kier alpha value is -3.71. The van der Waals surface area contributed by atoms with Crippen LogP contribution in [0.1, 0.15) is 18.1 Å². The highest BCUT2D eigenvalue weighted by Crippen LogP contribution is 2.29. The number of amides is 1. The molecule has 0 aliphatic carbocycles. The number of aryl methyl sites for hydroxylation is 1. The number of hydrazone groups is 1. The molecule has 1 aliphatic rings. The number of carbonyl (C=O) groups excluding carboxylic acids is 1. The van der Waals surface area contributed by atoms with Crippen LogP contribution in [0.25, 0.3) is 6.08 Å². The van der Waals surface area contributed by atoms with Crippen LogP contribution in [0.3, 0.4) is 0 Å². The lowest BCUT2D eigenvalue weighted by Gasteiger charge is -2.12. The summed E-state index contributed by atoms with van der Waals surface area (Å²) in [7, 11) is -4.02. The number of para-hydroxylation sites is 2. The minimum atomic E-state index is -4.02. The zero-order valence-corrected chi connectivity index (χ0v) is 17.8. The van der Waals surface area contributed by atoms with E-state index in [1.807, 2.05) is 25.1 Å². The maximum absolute atomic E-state index is 13.0. The van der Waals surface area contributed by atoms with Gasteiger partial charge in [0.2, 0.25) is 0 Å². The van der Waals surface area contributed by atoms with Crippen LogP contribution in [0.2, 0.25) is 0 Å². The van der Waals surface area contributed by atoms with E-state index in [1.54, 1.807) is 61.5 Å². The predicted octanol–water partition coefficient (Wildman–Crippen LogP) is 4.57. The fraction of sp³-hybridized carbons (Fsp3) is 0.0833. The van der Waals surface area contributed by atoms with Gasteiger partial charge in [-0.3, -0.25) is 4.79 Å². The van der Waals surface area contributed by atoms with Crippen molar-refractivity contribution in [3.8, 4) is 5.75 Å². The van der Waals surface area contributed by atoms with Crippen molar-refractivity contribution >= 4 is 33.5 Å². The lowest BCUT2D eigenvalue weighted by molar-refractivity contribution is -0.114. The molecule has 0 radical (unpaired) electrons. The normalized spacial score (nSPS) is 15.3. The van der Waals surface area contributed by atoms with Crippen LogP contribution in [-0.2, 0) is 14.9 Å². The van der Waals surface area contributed by atoms with Gasteiger partial charge in [0.25, 0.3) is 5.91 Å². The molecule has 1 heterocycles. The van der Waals surface area contributed by atoms with Crippen molar-refractivity contribution in [2.75, 3.05) is 5.01 Å². The van der Waals surface area contributed by atoms with E-state index >= 15 is 0 Å². The van der Waals surface area contributed by atoms with Crippen molar-refractivity contribution < 1.29 is 17.4 Å². The molecule has 0 unspecified atom stereocenters. The number of carbonyl (C=O) groups is 1. The van der Waals surface area contributed by atoms with Gasteiger partial charge in [-0.05, 0) is 50.3 Å².